The molecule has 0 aliphatic carbocycles. The van der Waals surface area contributed by atoms with Crippen LogP contribution in [-0.2, 0) is 13.0 Å². The van der Waals surface area contributed by atoms with Gasteiger partial charge >= 0.3 is 0 Å². The molecule has 0 saturated carbocycles. The lowest BCUT2D eigenvalue weighted by Crippen LogP contribution is -2.32. The van der Waals surface area contributed by atoms with Crippen molar-refractivity contribution in [2.75, 3.05) is 13.3 Å². The first kappa shape index (κ1) is 13.2. The van der Waals surface area contributed by atoms with Gasteiger partial charge in [0.2, 0.25) is 6.79 Å². The Morgan fingerprint density at radius 1 is 1.10 bits per heavy atom. The Labute approximate surface area is 132 Å². The predicted octanol–water partition coefficient (Wildman–Crippen LogP) is 3.87. The summed E-state index contributed by atoms with van der Waals surface area (Å²) in [5, 5.41) is 0. The zero-order valence-electron chi connectivity index (χ0n) is 11.6. The summed E-state index contributed by atoms with van der Waals surface area (Å²) < 4.78 is 11.0. The van der Waals surface area contributed by atoms with E-state index >= 15 is 0 Å². The van der Waals surface area contributed by atoms with Crippen molar-refractivity contribution in [3.8, 4) is 11.5 Å². The van der Waals surface area contributed by atoms with Crippen molar-refractivity contribution in [3.05, 3.63) is 59.2 Å². The fourth-order valence-corrected chi connectivity index (χ4v) is 3.77. The molecular weight excluding hydrogens is 330 g/mol. The van der Waals surface area contributed by atoms with Crippen LogP contribution in [0.5, 0.6) is 11.5 Å². The number of hydrogen-bond acceptors (Lipinski definition) is 3. The zero-order chi connectivity index (χ0) is 14.2. The van der Waals surface area contributed by atoms with E-state index in [4.69, 9.17) is 9.47 Å². The summed E-state index contributed by atoms with van der Waals surface area (Å²) in [6, 6.07) is 14.8. The van der Waals surface area contributed by atoms with Crippen molar-refractivity contribution in [3.63, 3.8) is 0 Å². The van der Waals surface area contributed by atoms with E-state index in [1.54, 1.807) is 0 Å². The average Bonchev–Trinajstić information content (AvgIpc) is 2.97. The largest absolute Gasteiger partial charge is 0.454 e. The molecule has 2 aromatic rings. The van der Waals surface area contributed by atoms with E-state index in [9.17, 15) is 0 Å². The first-order valence-corrected chi connectivity index (χ1v) is 8.07. The van der Waals surface area contributed by atoms with Gasteiger partial charge in [0.05, 0.1) is 4.95 Å². The highest BCUT2D eigenvalue weighted by Gasteiger charge is 2.28. The van der Waals surface area contributed by atoms with Gasteiger partial charge in [0.15, 0.2) is 11.5 Å². The van der Waals surface area contributed by atoms with Crippen molar-refractivity contribution in [2.24, 2.45) is 0 Å². The van der Waals surface area contributed by atoms with Gasteiger partial charge in [-0.15, -0.1) is 0 Å². The SMILES string of the molecule is BrC1c2cc3c(cc2CCN1Cc1ccccc1)OCO3. The normalized spacial score (nSPS) is 20.3. The maximum atomic E-state index is 5.50. The molecule has 3 nitrogen and oxygen atoms in total. The Morgan fingerprint density at radius 2 is 1.86 bits per heavy atom. The predicted molar refractivity (Wildman–Crippen MR) is 84.8 cm³/mol. The van der Waals surface area contributed by atoms with Crippen LogP contribution >= 0.6 is 15.9 Å². The van der Waals surface area contributed by atoms with Crippen molar-refractivity contribution in [2.45, 2.75) is 17.9 Å². The first-order chi connectivity index (χ1) is 10.3. The summed E-state index contributed by atoms with van der Waals surface area (Å²) >= 11 is 3.85. The molecule has 4 heteroatoms. The third kappa shape index (κ3) is 2.43. The average molecular weight is 346 g/mol. The van der Waals surface area contributed by atoms with E-state index in [2.05, 4.69) is 63.3 Å². The number of halogens is 1. The van der Waals surface area contributed by atoms with Crippen LogP contribution < -0.4 is 9.47 Å². The van der Waals surface area contributed by atoms with Crippen LogP contribution in [-0.4, -0.2) is 18.2 Å². The molecule has 108 valence electrons. The molecule has 1 atom stereocenters. The van der Waals surface area contributed by atoms with Gasteiger partial charge in [-0.2, -0.15) is 0 Å². The van der Waals surface area contributed by atoms with Gasteiger partial charge in [0.1, 0.15) is 0 Å². The summed E-state index contributed by atoms with van der Waals surface area (Å²) in [4.78, 5) is 2.66. The van der Waals surface area contributed by atoms with Crippen LogP contribution in [0.15, 0.2) is 42.5 Å². The van der Waals surface area contributed by atoms with Crippen LogP contribution in [0.3, 0.4) is 0 Å². The van der Waals surface area contributed by atoms with Crippen LogP contribution in [0, 0.1) is 0 Å². The second kappa shape index (κ2) is 5.35. The molecule has 2 aromatic carbocycles. The van der Waals surface area contributed by atoms with Crippen LogP contribution in [0.25, 0.3) is 0 Å². The molecule has 0 bridgehead atoms. The van der Waals surface area contributed by atoms with Gasteiger partial charge in [-0.3, -0.25) is 4.90 Å². The van der Waals surface area contributed by atoms with Gasteiger partial charge in [-0.1, -0.05) is 46.3 Å². The quantitative estimate of drug-likeness (QED) is 0.609. The number of hydrogen-bond donors (Lipinski definition) is 0. The van der Waals surface area contributed by atoms with Gasteiger partial charge in [0, 0.05) is 13.1 Å². The van der Waals surface area contributed by atoms with Gasteiger partial charge in [-0.05, 0) is 35.2 Å². The van der Waals surface area contributed by atoms with Gasteiger partial charge < -0.3 is 9.47 Å². The minimum absolute atomic E-state index is 0.218. The summed E-state index contributed by atoms with van der Waals surface area (Å²) in [5.41, 5.74) is 3.98. The number of benzene rings is 2. The molecule has 0 fully saturated rings. The Morgan fingerprint density at radius 3 is 2.67 bits per heavy atom. The highest BCUT2D eigenvalue weighted by Crippen LogP contribution is 2.42. The van der Waals surface area contributed by atoms with Crippen molar-refractivity contribution in [1.82, 2.24) is 4.90 Å². The third-order valence-electron chi connectivity index (χ3n) is 4.11. The first-order valence-electron chi connectivity index (χ1n) is 7.16. The van der Waals surface area contributed by atoms with E-state index < -0.39 is 0 Å². The number of ether oxygens (including phenoxy) is 2. The monoisotopic (exact) mass is 345 g/mol. The molecule has 0 saturated heterocycles. The van der Waals surface area contributed by atoms with Gasteiger partial charge in [0.25, 0.3) is 0 Å². The molecular formula is C17H16BrNO2. The van der Waals surface area contributed by atoms with Crippen molar-refractivity contribution >= 4 is 15.9 Å². The molecule has 0 N–H and O–H groups in total. The highest BCUT2D eigenvalue weighted by molar-refractivity contribution is 9.09. The molecule has 2 heterocycles. The van der Waals surface area contributed by atoms with Crippen LogP contribution in [0.2, 0.25) is 0 Å². The molecule has 4 rings (SSSR count). The van der Waals surface area contributed by atoms with Gasteiger partial charge in [-0.25, -0.2) is 0 Å². The lowest BCUT2D eigenvalue weighted by atomic mass is 9.98. The smallest absolute Gasteiger partial charge is 0.231 e. The molecule has 0 radical (unpaired) electrons. The minimum Gasteiger partial charge on any atom is -0.454 e. The second-order valence-electron chi connectivity index (χ2n) is 5.45. The van der Waals surface area contributed by atoms with E-state index in [1.807, 2.05) is 0 Å². The maximum absolute atomic E-state index is 5.50. The Kier molecular flexibility index (Phi) is 3.36. The summed E-state index contributed by atoms with van der Waals surface area (Å²) in [6.07, 6.45) is 1.04. The Bertz CT molecular complexity index is 659. The number of nitrogens with zero attached hydrogens (tertiary/aromatic N) is 1. The van der Waals surface area contributed by atoms with Crippen LogP contribution in [0.4, 0.5) is 0 Å². The maximum Gasteiger partial charge on any atom is 0.231 e. The van der Waals surface area contributed by atoms with Crippen molar-refractivity contribution < 1.29 is 9.47 Å². The Balaban J connectivity index is 1.61. The number of fused-ring (bicyclic) bond motifs is 2. The molecule has 2 aliphatic heterocycles. The summed E-state index contributed by atoms with van der Waals surface area (Å²) in [5.74, 6) is 1.74. The number of alkyl halides is 1. The molecule has 0 aromatic heterocycles. The van der Waals surface area contributed by atoms with E-state index in [-0.39, 0.29) is 4.95 Å². The second-order valence-corrected chi connectivity index (χ2v) is 6.31. The molecule has 0 spiro atoms. The third-order valence-corrected chi connectivity index (χ3v) is 5.18. The van der Waals surface area contributed by atoms with Crippen molar-refractivity contribution in [1.29, 1.82) is 0 Å². The summed E-state index contributed by atoms with van der Waals surface area (Å²) in [6.45, 7) is 2.32. The minimum atomic E-state index is 0.218. The molecule has 2 aliphatic rings. The molecule has 1 unspecified atom stereocenters. The van der Waals surface area contributed by atoms with Crippen LogP contribution in [0.1, 0.15) is 21.6 Å². The van der Waals surface area contributed by atoms with E-state index in [1.165, 1.54) is 16.7 Å². The zero-order valence-corrected chi connectivity index (χ0v) is 13.2. The fraction of sp³-hybridized carbons (Fsp3) is 0.294. The topological polar surface area (TPSA) is 21.7 Å². The highest BCUT2D eigenvalue weighted by atomic mass is 79.9. The molecule has 0 amide bonds. The lowest BCUT2D eigenvalue weighted by Gasteiger charge is -2.34. The van der Waals surface area contributed by atoms with E-state index in [0.717, 1.165) is 31.0 Å². The Hall–Kier alpha value is -1.52. The lowest BCUT2D eigenvalue weighted by molar-refractivity contribution is 0.174. The van der Waals surface area contributed by atoms with E-state index in [0.29, 0.717) is 6.79 Å². The fourth-order valence-electron chi connectivity index (χ4n) is 2.99. The summed E-state index contributed by atoms with van der Waals surface area (Å²) in [7, 11) is 0. The standard InChI is InChI=1S/C17H16BrNO2/c18-17-14-9-16-15(20-11-21-16)8-13(14)6-7-19(17)10-12-4-2-1-3-5-12/h1-5,8-9,17H,6-7,10-11H2. The number of rotatable bonds is 2. The molecule has 21 heavy (non-hydrogen) atoms.